The maximum Gasteiger partial charge on any atom is 0.573 e. The average Bonchev–Trinajstić information content (AvgIpc) is 2.87. The number of hydrogen-bond donors (Lipinski definition) is 1. The molecule has 0 aliphatic rings. The highest BCUT2D eigenvalue weighted by molar-refractivity contribution is 5.90. The smallest absolute Gasteiger partial charge is 0.406 e. The van der Waals surface area contributed by atoms with Crippen molar-refractivity contribution >= 4 is 11.6 Å². The minimum absolute atomic E-state index is 0.0681. The number of carbonyl (C=O) groups excluding carboxylic acids is 1. The summed E-state index contributed by atoms with van der Waals surface area (Å²) in [6, 6.07) is 6.40. The van der Waals surface area contributed by atoms with Crippen LogP contribution in [-0.4, -0.2) is 27.0 Å². The molecule has 0 aliphatic heterocycles. The van der Waals surface area contributed by atoms with Crippen molar-refractivity contribution in [2.75, 3.05) is 5.32 Å². The lowest BCUT2D eigenvalue weighted by atomic mass is 10.3. The predicted molar refractivity (Wildman–Crippen MR) is 66.5 cm³/mol. The fourth-order valence-corrected chi connectivity index (χ4v) is 1.51. The van der Waals surface area contributed by atoms with Crippen molar-refractivity contribution in [2.45, 2.75) is 12.9 Å². The highest BCUT2D eigenvalue weighted by Gasteiger charge is 2.30. The number of amides is 1. The van der Waals surface area contributed by atoms with Crippen molar-refractivity contribution < 1.29 is 22.7 Å². The zero-order valence-electron chi connectivity index (χ0n) is 10.8. The molecule has 22 heavy (non-hydrogen) atoms. The second kappa shape index (κ2) is 6.13. The van der Waals surface area contributed by atoms with Gasteiger partial charge in [0, 0.05) is 5.69 Å². The van der Waals surface area contributed by atoms with E-state index in [0.717, 1.165) is 16.8 Å². The van der Waals surface area contributed by atoms with Gasteiger partial charge in [-0.3, -0.25) is 4.79 Å². The van der Waals surface area contributed by atoms with Crippen LogP contribution < -0.4 is 10.1 Å². The molecule has 0 aliphatic carbocycles. The van der Waals surface area contributed by atoms with E-state index >= 15 is 0 Å². The van der Waals surface area contributed by atoms with E-state index in [4.69, 9.17) is 5.26 Å². The summed E-state index contributed by atoms with van der Waals surface area (Å²) >= 11 is 0. The van der Waals surface area contributed by atoms with Crippen LogP contribution in [0.1, 0.15) is 5.82 Å². The molecule has 7 nitrogen and oxygen atoms in total. The Morgan fingerprint density at radius 3 is 2.59 bits per heavy atom. The molecule has 1 amide bonds. The van der Waals surface area contributed by atoms with Crippen LogP contribution in [0.25, 0.3) is 0 Å². The van der Waals surface area contributed by atoms with Gasteiger partial charge in [0.25, 0.3) is 5.82 Å². The second-order valence-electron chi connectivity index (χ2n) is 4.00. The van der Waals surface area contributed by atoms with Gasteiger partial charge in [0.05, 0.1) is 0 Å². The molecule has 0 radical (unpaired) electrons. The van der Waals surface area contributed by atoms with E-state index < -0.39 is 12.3 Å². The molecule has 10 heteroatoms. The number of benzene rings is 1. The molecule has 0 unspecified atom stereocenters. The summed E-state index contributed by atoms with van der Waals surface area (Å²) in [4.78, 5) is 15.3. The van der Waals surface area contributed by atoms with Crippen LogP contribution in [0.15, 0.2) is 30.6 Å². The first-order valence-corrected chi connectivity index (χ1v) is 5.81. The molecule has 1 aromatic carbocycles. The lowest BCUT2D eigenvalue weighted by Gasteiger charge is -2.09. The molecule has 0 spiro atoms. The van der Waals surface area contributed by atoms with Gasteiger partial charge in [-0.2, -0.15) is 5.26 Å². The zero-order valence-corrected chi connectivity index (χ0v) is 10.8. The summed E-state index contributed by atoms with van der Waals surface area (Å²) in [5, 5.41) is 14.7. The number of alkyl halides is 3. The molecule has 1 aromatic heterocycles. The normalized spacial score (nSPS) is 10.8. The van der Waals surface area contributed by atoms with Gasteiger partial charge >= 0.3 is 6.36 Å². The van der Waals surface area contributed by atoms with Crippen LogP contribution in [-0.2, 0) is 11.3 Å². The molecular weight excluding hydrogens is 303 g/mol. The van der Waals surface area contributed by atoms with Crippen LogP contribution >= 0.6 is 0 Å². The first-order valence-electron chi connectivity index (χ1n) is 5.81. The number of rotatable bonds is 4. The number of hydrogen-bond acceptors (Lipinski definition) is 5. The van der Waals surface area contributed by atoms with Crippen LogP contribution in [0.2, 0.25) is 0 Å². The Labute approximate surface area is 121 Å². The van der Waals surface area contributed by atoms with Crippen molar-refractivity contribution in [2.24, 2.45) is 0 Å². The van der Waals surface area contributed by atoms with Crippen LogP contribution in [0.3, 0.4) is 0 Å². The van der Waals surface area contributed by atoms with Crippen molar-refractivity contribution in [3.63, 3.8) is 0 Å². The number of nitrogens with zero attached hydrogens (tertiary/aromatic N) is 4. The monoisotopic (exact) mass is 311 g/mol. The first-order chi connectivity index (χ1) is 10.4. The molecule has 0 fully saturated rings. The summed E-state index contributed by atoms with van der Waals surface area (Å²) in [6.45, 7) is -0.185. The Kier molecular flexibility index (Phi) is 4.26. The molecular formula is C12H8F3N5O2. The van der Waals surface area contributed by atoms with Crippen LogP contribution in [0, 0.1) is 11.3 Å². The molecule has 2 aromatic rings. The Bertz CT molecular complexity index is 703. The van der Waals surface area contributed by atoms with Gasteiger partial charge in [0.1, 0.15) is 24.7 Å². The van der Waals surface area contributed by atoms with Gasteiger partial charge in [-0.1, -0.05) is 0 Å². The van der Waals surface area contributed by atoms with Crippen LogP contribution in [0.5, 0.6) is 5.75 Å². The third kappa shape index (κ3) is 4.48. The molecule has 0 saturated heterocycles. The maximum atomic E-state index is 12.0. The lowest BCUT2D eigenvalue weighted by Crippen LogP contribution is -2.19. The topological polar surface area (TPSA) is 92.8 Å². The molecule has 114 valence electrons. The Hall–Kier alpha value is -3.09. The number of nitriles is 1. The molecule has 0 atom stereocenters. The predicted octanol–water partition coefficient (Wildman–Crippen LogP) is 1.69. The highest BCUT2D eigenvalue weighted by Crippen LogP contribution is 2.23. The van der Waals surface area contributed by atoms with Crippen molar-refractivity contribution in [3.8, 4) is 11.8 Å². The molecule has 1 N–H and O–H groups in total. The quantitative estimate of drug-likeness (QED) is 0.927. The summed E-state index contributed by atoms with van der Waals surface area (Å²) < 4.78 is 40.9. The molecule has 1 heterocycles. The number of ether oxygens (including phenoxy) is 1. The highest BCUT2D eigenvalue weighted by atomic mass is 19.4. The second-order valence-corrected chi connectivity index (χ2v) is 4.00. The lowest BCUT2D eigenvalue weighted by molar-refractivity contribution is -0.274. The standard InChI is InChI=1S/C12H8F3N5O2/c13-12(14,15)22-9-3-1-8(2-4-9)18-11(21)6-20-7-17-10(5-16)19-20/h1-4,7H,6H2,(H,18,21). The van der Waals surface area contributed by atoms with Crippen LogP contribution in [0.4, 0.5) is 18.9 Å². The number of anilines is 1. The average molecular weight is 311 g/mol. The first kappa shape index (κ1) is 15.3. The van der Waals surface area contributed by atoms with E-state index in [0.29, 0.717) is 5.69 Å². The van der Waals surface area contributed by atoms with E-state index in [1.807, 2.05) is 0 Å². The molecule has 0 bridgehead atoms. The fraction of sp³-hybridized carbons (Fsp3) is 0.167. The summed E-state index contributed by atoms with van der Waals surface area (Å²) in [7, 11) is 0. The van der Waals surface area contributed by atoms with Crippen molar-refractivity contribution in [1.82, 2.24) is 14.8 Å². The minimum Gasteiger partial charge on any atom is -0.406 e. The van der Waals surface area contributed by atoms with Gasteiger partial charge in [-0.25, -0.2) is 9.67 Å². The number of carbonyl (C=O) groups is 1. The number of aromatic nitrogens is 3. The Balaban J connectivity index is 1.93. The third-order valence-corrected chi connectivity index (χ3v) is 2.31. The van der Waals surface area contributed by atoms with E-state index in [1.54, 1.807) is 6.07 Å². The number of nitrogens with one attached hydrogen (secondary N) is 1. The van der Waals surface area contributed by atoms with E-state index in [-0.39, 0.29) is 18.1 Å². The minimum atomic E-state index is -4.77. The van der Waals surface area contributed by atoms with Gasteiger partial charge in [-0.15, -0.1) is 18.3 Å². The Morgan fingerprint density at radius 1 is 1.36 bits per heavy atom. The van der Waals surface area contributed by atoms with E-state index in [1.165, 1.54) is 18.5 Å². The molecule has 2 rings (SSSR count). The van der Waals surface area contributed by atoms with E-state index in [9.17, 15) is 18.0 Å². The van der Waals surface area contributed by atoms with Crippen molar-refractivity contribution in [1.29, 1.82) is 5.26 Å². The SMILES string of the molecule is N#Cc1ncn(CC(=O)Nc2ccc(OC(F)(F)F)cc2)n1. The van der Waals surface area contributed by atoms with Gasteiger partial charge in [0.15, 0.2) is 0 Å². The summed E-state index contributed by atoms with van der Waals surface area (Å²) in [5.41, 5.74) is 0.292. The molecule has 0 saturated carbocycles. The van der Waals surface area contributed by atoms with Gasteiger partial charge in [0.2, 0.25) is 5.91 Å². The van der Waals surface area contributed by atoms with Crippen molar-refractivity contribution in [3.05, 3.63) is 36.4 Å². The van der Waals surface area contributed by atoms with Gasteiger partial charge < -0.3 is 10.1 Å². The Morgan fingerprint density at radius 2 is 2.05 bits per heavy atom. The zero-order chi connectivity index (χ0) is 16.2. The maximum absolute atomic E-state index is 12.0. The fourth-order valence-electron chi connectivity index (χ4n) is 1.51. The number of halogens is 3. The largest absolute Gasteiger partial charge is 0.573 e. The summed E-state index contributed by atoms with van der Waals surface area (Å²) in [5.74, 6) is -0.930. The summed E-state index contributed by atoms with van der Waals surface area (Å²) in [6.07, 6.45) is -3.55. The third-order valence-electron chi connectivity index (χ3n) is 2.31. The van der Waals surface area contributed by atoms with E-state index in [2.05, 4.69) is 20.1 Å². The van der Waals surface area contributed by atoms with Gasteiger partial charge in [-0.05, 0) is 24.3 Å².